The second-order valence-corrected chi connectivity index (χ2v) is 8.80. The lowest BCUT2D eigenvalue weighted by atomic mass is 10.1. The molecule has 0 spiro atoms. The number of halogens is 2. The first-order valence-electron chi connectivity index (χ1n) is 8.86. The number of hydrogen-bond donors (Lipinski definition) is 2. The molecule has 7 nitrogen and oxygen atoms in total. The van der Waals surface area contributed by atoms with Gasteiger partial charge in [-0.15, -0.1) is 0 Å². The summed E-state index contributed by atoms with van der Waals surface area (Å²) < 4.78 is 40.8. The first-order valence-corrected chi connectivity index (χ1v) is 10.7. The van der Waals surface area contributed by atoms with Gasteiger partial charge in [0.05, 0.1) is 10.6 Å². The standard InChI is InChI=1S/C19H19ClFN3O4S/c1-22-19(26)14-11-13(5-6-15(14)20)23-18(25)12-4-7-16(21)17(10-12)29(27,28)24-8-2-3-9-24/h4-7,10-11H,2-3,8-9H2,1H3,(H,22,26)(H,23,25). The fraction of sp³-hybridized carbons (Fsp3) is 0.263. The van der Waals surface area contributed by atoms with Crippen LogP contribution >= 0.6 is 11.6 Å². The molecule has 154 valence electrons. The molecule has 0 saturated carbocycles. The zero-order chi connectivity index (χ0) is 21.2. The van der Waals surface area contributed by atoms with Crippen LogP contribution in [-0.2, 0) is 10.0 Å². The van der Waals surface area contributed by atoms with Gasteiger partial charge in [0.25, 0.3) is 11.8 Å². The molecule has 1 heterocycles. The van der Waals surface area contributed by atoms with Crippen molar-refractivity contribution in [2.75, 3.05) is 25.5 Å². The van der Waals surface area contributed by atoms with E-state index in [2.05, 4.69) is 10.6 Å². The number of sulfonamides is 1. The Kier molecular flexibility index (Phi) is 6.21. The number of hydrogen-bond acceptors (Lipinski definition) is 4. The summed E-state index contributed by atoms with van der Waals surface area (Å²) in [6.45, 7) is 0.649. The van der Waals surface area contributed by atoms with Crippen molar-refractivity contribution < 1.29 is 22.4 Å². The molecule has 2 aromatic carbocycles. The molecule has 2 aromatic rings. The summed E-state index contributed by atoms with van der Waals surface area (Å²) in [6, 6.07) is 7.52. The molecule has 1 fully saturated rings. The van der Waals surface area contributed by atoms with Gasteiger partial charge in [0.15, 0.2) is 0 Å². The highest BCUT2D eigenvalue weighted by molar-refractivity contribution is 7.89. The van der Waals surface area contributed by atoms with Gasteiger partial charge in [0.1, 0.15) is 10.7 Å². The average Bonchev–Trinajstić information content (AvgIpc) is 3.24. The summed E-state index contributed by atoms with van der Waals surface area (Å²) in [5.41, 5.74) is 0.426. The van der Waals surface area contributed by atoms with E-state index in [1.165, 1.54) is 35.6 Å². The van der Waals surface area contributed by atoms with E-state index in [-0.39, 0.29) is 21.8 Å². The number of carbonyl (C=O) groups excluding carboxylic acids is 2. The fourth-order valence-corrected chi connectivity index (χ4v) is 4.84. The van der Waals surface area contributed by atoms with E-state index in [0.29, 0.717) is 25.9 Å². The number of benzene rings is 2. The van der Waals surface area contributed by atoms with Crippen LogP contribution in [0.3, 0.4) is 0 Å². The van der Waals surface area contributed by atoms with E-state index in [1.54, 1.807) is 0 Å². The molecule has 2 amide bonds. The number of rotatable bonds is 5. The van der Waals surface area contributed by atoms with Crippen molar-refractivity contribution in [1.82, 2.24) is 9.62 Å². The predicted octanol–water partition coefficient (Wildman–Crippen LogP) is 2.88. The smallest absolute Gasteiger partial charge is 0.255 e. The van der Waals surface area contributed by atoms with Crippen molar-refractivity contribution in [2.45, 2.75) is 17.7 Å². The Balaban J connectivity index is 1.88. The van der Waals surface area contributed by atoms with Crippen molar-refractivity contribution in [3.05, 3.63) is 58.4 Å². The zero-order valence-electron chi connectivity index (χ0n) is 15.5. The van der Waals surface area contributed by atoms with Crippen molar-refractivity contribution in [2.24, 2.45) is 0 Å². The Hall–Kier alpha value is -2.49. The van der Waals surface area contributed by atoms with Crippen molar-refractivity contribution in [3.63, 3.8) is 0 Å². The lowest BCUT2D eigenvalue weighted by molar-refractivity contribution is 0.0961. The molecule has 0 aromatic heterocycles. The second kappa shape index (κ2) is 8.48. The number of amides is 2. The molecule has 1 aliphatic rings. The molecule has 10 heteroatoms. The highest BCUT2D eigenvalue weighted by Crippen LogP contribution is 2.25. The molecule has 0 radical (unpaired) electrons. The van der Waals surface area contributed by atoms with Crippen LogP contribution in [0.1, 0.15) is 33.6 Å². The molecule has 0 aliphatic carbocycles. The number of nitrogens with one attached hydrogen (secondary N) is 2. The molecule has 3 rings (SSSR count). The normalized spacial score (nSPS) is 14.6. The summed E-state index contributed by atoms with van der Waals surface area (Å²) in [7, 11) is -2.57. The third-order valence-corrected chi connectivity index (χ3v) is 6.82. The Labute approximate surface area is 172 Å². The minimum Gasteiger partial charge on any atom is -0.355 e. The Morgan fingerprint density at radius 1 is 1.07 bits per heavy atom. The van der Waals surface area contributed by atoms with Gasteiger partial charge in [-0.1, -0.05) is 11.6 Å². The average molecular weight is 440 g/mol. The van der Waals surface area contributed by atoms with E-state index < -0.39 is 32.6 Å². The maximum Gasteiger partial charge on any atom is 0.255 e. The van der Waals surface area contributed by atoms with Crippen molar-refractivity contribution in [1.29, 1.82) is 0 Å². The van der Waals surface area contributed by atoms with E-state index in [4.69, 9.17) is 11.6 Å². The van der Waals surface area contributed by atoms with Crippen LogP contribution in [0.15, 0.2) is 41.3 Å². The molecule has 1 saturated heterocycles. The van der Waals surface area contributed by atoms with E-state index in [0.717, 1.165) is 12.1 Å². The quantitative estimate of drug-likeness (QED) is 0.748. The maximum absolute atomic E-state index is 14.2. The zero-order valence-corrected chi connectivity index (χ0v) is 17.1. The highest BCUT2D eigenvalue weighted by atomic mass is 35.5. The SMILES string of the molecule is CNC(=O)c1cc(NC(=O)c2ccc(F)c(S(=O)(=O)N3CCCC3)c2)ccc1Cl. The largest absolute Gasteiger partial charge is 0.355 e. The highest BCUT2D eigenvalue weighted by Gasteiger charge is 2.30. The Morgan fingerprint density at radius 2 is 1.76 bits per heavy atom. The van der Waals surface area contributed by atoms with Gasteiger partial charge >= 0.3 is 0 Å². The fourth-order valence-electron chi connectivity index (χ4n) is 3.02. The molecule has 0 atom stereocenters. The van der Waals surface area contributed by atoms with Crippen LogP contribution in [0.5, 0.6) is 0 Å². The van der Waals surface area contributed by atoms with Gasteiger partial charge in [0, 0.05) is 31.4 Å². The Bertz CT molecular complexity index is 1070. The molecule has 1 aliphatic heterocycles. The van der Waals surface area contributed by atoms with E-state index in [1.807, 2.05) is 0 Å². The molecule has 0 unspecified atom stereocenters. The predicted molar refractivity (Wildman–Crippen MR) is 107 cm³/mol. The van der Waals surface area contributed by atoms with Gasteiger partial charge in [-0.3, -0.25) is 9.59 Å². The second-order valence-electron chi connectivity index (χ2n) is 6.48. The van der Waals surface area contributed by atoms with Crippen molar-refractivity contribution in [3.8, 4) is 0 Å². The summed E-state index contributed by atoms with van der Waals surface area (Å²) >= 11 is 5.99. The number of nitrogens with zero attached hydrogens (tertiary/aromatic N) is 1. The van der Waals surface area contributed by atoms with Gasteiger partial charge in [0.2, 0.25) is 10.0 Å². The molecule has 2 N–H and O–H groups in total. The van der Waals surface area contributed by atoms with Crippen LogP contribution in [-0.4, -0.2) is 44.7 Å². The third kappa shape index (κ3) is 4.42. The van der Waals surface area contributed by atoms with Gasteiger partial charge in [-0.05, 0) is 49.2 Å². The van der Waals surface area contributed by atoms with Gasteiger partial charge in [-0.25, -0.2) is 12.8 Å². The lowest BCUT2D eigenvalue weighted by Gasteiger charge is -2.16. The first-order chi connectivity index (χ1) is 13.7. The van der Waals surface area contributed by atoms with Crippen LogP contribution in [0, 0.1) is 5.82 Å². The third-order valence-electron chi connectivity index (χ3n) is 4.57. The van der Waals surface area contributed by atoms with Crippen LogP contribution in [0.2, 0.25) is 5.02 Å². The number of carbonyl (C=O) groups is 2. The van der Waals surface area contributed by atoms with Crippen LogP contribution in [0.25, 0.3) is 0 Å². The topological polar surface area (TPSA) is 95.6 Å². The monoisotopic (exact) mass is 439 g/mol. The molecular formula is C19H19ClFN3O4S. The molecular weight excluding hydrogens is 421 g/mol. The minimum atomic E-state index is -4.02. The van der Waals surface area contributed by atoms with Crippen LogP contribution in [0.4, 0.5) is 10.1 Å². The summed E-state index contributed by atoms with van der Waals surface area (Å²) in [6.07, 6.45) is 1.43. The number of anilines is 1. The summed E-state index contributed by atoms with van der Waals surface area (Å²) in [4.78, 5) is 23.9. The molecule has 0 bridgehead atoms. The van der Waals surface area contributed by atoms with E-state index in [9.17, 15) is 22.4 Å². The van der Waals surface area contributed by atoms with E-state index >= 15 is 0 Å². The van der Waals surface area contributed by atoms with Crippen LogP contribution < -0.4 is 10.6 Å². The van der Waals surface area contributed by atoms with Gasteiger partial charge < -0.3 is 10.6 Å². The lowest BCUT2D eigenvalue weighted by Crippen LogP contribution is -2.29. The maximum atomic E-state index is 14.2. The minimum absolute atomic E-state index is 0.0272. The summed E-state index contributed by atoms with van der Waals surface area (Å²) in [5.74, 6) is -1.98. The Morgan fingerprint density at radius 3 is 2.41 bits per heavy atom. The van der Waals surface area contributed by atoms with Gasteiger partial charge in [-0.2, -0.15) is 4.31 Å². The summed E-state index contributed by atoms with van der Waals surface area (Å²) in [5, 5.41) is 5.22. The molecule has 29 heavy (non-hydrogen) atoms. The van der Waals surface area contributed by atoms with Crippen molar-refractivity contribution >= 4 is 39.1 Å². The first kappa shape index (κ1) is 21.2.